The highest BCUT2D eigenvalue weighted by Gasteiger charge is 2.35. The van der Waals surface area contributed by atoms with E-state index in [0.717, 1.165) is 0 Å². The molecule has 2 aromatic carbocycles. The maximum atomic E-state index is 12.5. The number of amides is 3. The van der Waals surface area contributed by atoms with Gasteiger partial charge in [0.1, 0.15) is 0 Å². The van der Waals surface area contributed by atoms with E-state index >= 15 is 0 Å². The van der Waals surface area contributed by atoms with Crippen LogP contribution in [0.15, 0.2) is 42.5 Å². The van der Waals surface area contributed by atoms with E-state index in [1.165, 1.54) is 6.92 Å². The van der Waals surface area contributed by atoms with Gasteiger partial charge in [0, 0.05) is 47.0 Å². The van der Waals surface area contributed by atoms with E-state index in [1.54, 1.807) is 47.4 Å². The Kier molecular flexibility index (Phi) is 5.68. The summed E-state index contributed by atoms with van der Waals surface area (Å²) in [5.41, 5.74) is 1.81. The van der Waals surface area contributed by atoms with E-state index in [0.29, 0.717) is 27.1 Å². The van der Waals surface area contributed by atoms with Crippen LogP contribution in [-0.4, -0.2) is 24.3 Å². The highest BCUT2D eigenvalue weighted by molar-refractivity contribution is 6.35. The lowest BCUT2D eigenvalue weighted by Gasteiger charge is -2.17. The molecular formula is C19H17Cl2N3O3. The fraction of sp³-hybridized carbons (Fsp3) is 0.211. The molecule has 1 heterocycles. The third kappa shape index (κ3) is 4.78. The molecule has 1 fully saturated rings. The summed E-state index contributed by atoms with van der Waals surface area (Å²) in [5, 5.41) is 6.26. The molecule has 1 unspecified atom stereocenters. The van der Waals surface area contributed by atoms with Crippen LogP contribution in [0.2, 0.25) is 10.0 Å². The summed E-state index contributed by atoms with van der Waals surface area (Å²) < 4.78 is 0. The number of nitrogens with zero attached hydrogens (tertiary/aromatic N) is 1. The molecule has 0 saturated carbocycles. The van der Waals surface area contributed by atoms with Crippen molar-refractivity contribution in [3.05, 3.63) is 52.5 Å². The normalized spacial score (nSPS) is 16.3. The second-order valence-electron chi connectivity index (χ2n) is 6.28. The van der Waals surface area contributed by atoms with Gasteiger partial charge in [0.2, 0.25) is 17.7 Å². The van der Waals surface area contributed by atoms with Gasteiger partial charge in [-0.2, -0.15) is 0 Å². The van der Waals surface area contributed by atoms with Crippen molar-refractivity contribution in [2.45, 2.75) is 13.3 Å². The van der Waals surface area contributed by atoms with Crippen LogP contribution in [0, 0.1) is 5.92 Å². The molecule has 0 aliphatic carbocycles. The Hall–Kier alpha value is -2.57. The first-order chi connectivity index (χ1) is 12.8. The molecule has 0 radical (unpaired) electrons. The summed E-state index contributed by atoms with van der Waals surface area (Å²) in [5.74, 6) is -1.05. The van der Waals surface area contributed by atoms with Gasteiger partial charge in [0.05, 0.1) is 5.92 Å². The van der Waals surface area contributed by atoms with Crippen LogP contribution in [0.3, 0.4) is 0 Å². The minimum atomic E-state index is -0.481. The van der Waals surface area contributed by atoms with Crippen molar-refractivity contribution >= 4 is 58.0 Å². The van der Waals surface area contributed by atoms with Crippen molar-refractivity contribution in [2.75, 3.05) is 22.1 Å². The van der Waals surface area contributed by atoms with Crippen molar-refractivity contribution in [1.29, 1.82) is 0 Å². The summed E-state index contributed by atoms with van der Waals surface area (Å²) in [6.07, 6.45) is 0.119. The zero-order chi connectivity index (χ0) is 19.6. The number of halogens is 2. The molecule has 2 N–H and O–H groups in total. The van der Waals surface area contributed by atoms with Crippen LogP contribution < -0.4 is 15.5 Å². The molecule has 140 valence electrons. The molecule has 0 bridgehead atoms. The number of carbonyl (C=O) groups excluding carboxylic acids is 3. The van der Waals surface area contributed by atoms with Crippen molar-refractivity contribution in [1.82, 2.24) is 0 Å². The van der Waals surface area contributed by atoms with Gasteiger partial charge in [-0.25, -0.2) is 0 Å². The van der Waals surface area contributed by atoms with Crippen LogP contribution >= 0.6 is 23.2 Å². The van der Waals surface area contributed by atoms with Crippen molar-refractivity contribution in [3.8, 4) is 0 Å². The predicted octanol–water partition coefficient (Wildman–Crippen LogP) is 3.94. The molecule has 0 aromatic heterocycles. The van der Waals surface area contributed by atoms with Crippen LogP contribution in [-0.2, 0) is 14.4 Å². The van der Waals surface area contributed by atoms with Gasteiger partial charge < -0.3 is 15.5 Å². The van der Waals surface area contributed by atoms with Gasteiger partial charge in [-0.15, -0.1) is 0 Å². The lowest BCUT2D eigenvalue weighted by atomic mass is 10.1. The van der Waals surface area contributed by atoms with E-state index in [-0.39, 0.29) is 30.7 Å². The molecule has 0 spiro atoms. The van der Waals surface area contributed by atoms with Crippen LogP contribution in [0.25, 0.3) is 0 Å². The van der Waals surface area contributed by atoms with E-state index in [9.17, 15) is 14.4 Å². The Balaban J connectivity index is 1.67. The largest absolute Gasteiger partial charge is 0.326 e. The van der Waals surface area contributed by atoms with Gasteiger partial charge in [0.25, 0.3) is 0 Å². The fourth-order valence-corrected chi connectivity index (χ4v) is 3.46. The number of benzene rings is 2. The maximum absolute atomic E-state index is 12.5. The molecule has 3 rings (SSSR count). The first-order valence-corrected chi connectivity index (χ1v) is 9.02. The van der Waals surface area contributed by atoms with Gasteiger partial charge in [-0.1, -0.05) is 23.2 Å². The summed E-state index contributed by atoms with van der Waals surface area (Å²) >= 11 is 11.9. The molecule has 27 heavy (non-hydrogen) atoms. The van der Waals surface area contributed by atoms with Crippen molar-refractivity contribution in [2.24, 2.45) is 5.92 Å². The Morgan fingerprint density at radius 1 is 1.00 bits per heavy atom. The van der Waals surface area contributed by atoms with Crippen molar-refractivity contribution < 1.29 is 14.4 Å². The van der Waals surface area contributed by atoms with Crippen LogP contribution in [0.5, 0.6) is 0 Å². The third-order valence-electron chi connectivity index (χ3n) is 4.13. The first kappa shape index (κ1) is 19.2. The number of hydrogen-bond donors (Lipinski definition) is 2. The second kappa shape index (κ2) is 7.98. The lowest BCUT2D eigenvalue weighted by molar-refractivity contribution is -0.122. The number of nitrogens with one attached hydrogen (secondary N) is 2. The summed E-state index contributed by atoms with van der Waals surface area (Å²) in [7, 11) is 0. The monoisotopic (exact) mass is 405 g/mol. The van der Waals surface area contributed by atoms with E-state index < -0.39 is 5.92 Å². The zero-order valence-corrected chi connectivity index (χ0v) is 16.0. The topological polar surface area (TPSA) is 78.5 Å². The minimum Gasteiger partial charge on any atom is -0.326 e. The maximum Gasteiger partial charge on any atom is 0.229 e. The Morgan fingerprint density at radius 2 is 1.63 bits per heavy atom. The minimum absolute atomic E-state index is 0.119. The molecule has 1 saturated heterocycles. The standard InChI is InChI=1S/C19H17Cl2N3O3/c1-11(25)22-15-2-4-17(5-3-15)24-10-12(6-18(24)26)19(27)23-16-8-13(20)7-14(21)9-16/h2-5,7-9,12H,6,10H2,1H3,(H,22,25)(H,23,27). The summed E-state index contributed by atoms with van der Waals surface area (Å²) in [6.45, 7) is 1.70. The molecule has 1 aliphatic rings. The zero-order valence-electron chi connectivity index (χ0n) is 14.5. The number of hydrogen-bond acceptors (Lipinski definition) is 3. The summed E-state index contributed by atoms with van der Waals surface area (Å²) in [4.78, 5) is 37.5. The Morgan fingerprint density at radius 3 is 2.22 bits per heavy atom. The number of anilines is 3. The second-order valence-corrected chi connectivity index (χ2v) is 7.15. The van der Waals surface area contributed by atoms with Gasteiger partial charge >= 0.3 is 0 Å². The molecule has 1 atom stereocenters. The van der Waals surface area contributed by atoms with E-state index in [2.05, 4.69) is 10.6 Å². The van der Waals surface area contributed by atoms with Crippen molar-refractivity contribution in [3.63, 3.8) is 0 Å². The first-order valence-electron chi connectivity index (χ1n) is 8.27. The molecule has 3 amide bonds. The average Bonchev–Trinajstić information content (AvgIpc) is 2.96. The molecule has 2 aromatic rings. The van der Waals surface area contributed by atoms with Crippen LogP contribution in [0.4, 0.5) is 17.1 Å². The lowest BCUT2D eigenvalue weighted by Crippen LogP contribution is -2.28. The predicted molar refractivity (Wildman–Crippen MR) is 106 cm³/mol. The smallest absolute Gasteiger partial charge is 0.229 e. The third-order valence-corrected chi connectivity index (χ3v) is 4.56. The highest BCUT2D eigenvalue weighted by atomic mass is 35.5. The SMILES string of the molecule is CC(=O)Nc1ccc(N2CC(C(=O)Nc3cc(Cl)cc(Cl)c3)CC2=O)cc1. The molecular weight excluding hydrogens is 389 g/mol. The molecule has 8 heteroatoms. The number of rotatable bonds is 4. The van der Waals surface area contributed by atoms with Gasteiger partial charge in [-0.05, 0) is 42.5 Å². The Labute approximate surface area is 166 Å². The average molecular weight is 406 g/mol. The van der Waals surface area contributed by atoms with Gasteiger partial charge in [-0.3, -0.25) is 14.4 Å². The van der Waals surface area contributed by atoms with E-state index in [4.69, 9.17) is 23.2 Å². The van der Waals surface area contributed by atoms with E-state index in [1.807, 2.05) is 0 Å². The molecule has 1 aliphatic heterocycles. The number of carbonyl (C=O) groups is 3. The van der Waals surface area contributed by atoms with Gasteiger partial charge in [0.15, 0.2) is 0 Å². The fourth-order valence-electron chi connectivity index (χ4n) is 2.93. The molecule has 6 nitrogen and oxygen atoms in total. The Bertz CT molecular complexity index is 879. The quantitative estimate of drug-likeness (QED) is 0.807. The highest BCUT2D eigenvalue weighted by Crippen LogP contribution is 2.28. The summed E-state index contributed by atoms with van der Waals surface area (Å²) in [6, 6.07) is 11.7. The van der Waals surface area contributed by atoms with Crippen LogP contribution in [0.1, 0.15) is 13.3 Å².